The van der Waals surface area contributed by atoms with Crippen LogP contribution >= 0.6 is 0 Å². The van der Waals surface area contributed by atoms with Crippen LogP contribution in [0.2, 0.25) is 0 Å². The second-order valence-corrected chi connectivity index (χ2v) is 4.99. The van der Waals surface area contributed by atoms with E-state index in [1.165, 1.54) is 0 Å². The number of phenolic OH excluding ortho intramolecular Hbond substituents is 1. The van der Waals surface area contributed by atoms with Crippen molar-refractivity contribution in [2.24, 2.45) is 0 Å². The van der Waals surface area contributed by atoms with Gasteiger partial charge in [0.05, 0.1) is 5.69 Å². The minimum absolute atomic E-state index is 0.0942. The Morgan fingerprint density at radius 1 is 1.26 bits per heavy atom. The Labute approximate surface area is 114 Å². The molecule has 0 saturated heterocycles. The molecule has 1 aromatic heterocycles. The standard InChI is InChI=1S/C15H21N3O/c1-5-14-16-11(2)10-18(14)15(17(3)4)12-6-8-13(19)9-7-12/h6-10,15,19H,5H2,1-4H3. The zero-order valence-electron chi connectivity index (χ0n) is 12.0. The van der Waals surface area contributed by atoms with E-state index in [0.29, 0.717) is 5.75 Å². The molecule has 1 aromatic carbocycles. The molecule has 1 N–H and O–H groups in total. The summed E-state index contributed by atoms with van der Waals surface area (Å²) >= 11 is 0. The highest BCUT2D eigenvalue weighted by molar-refractivity contribution is 5.28. The minimum Gasteiger partial charge on any atom is -0.508 e. The minimum atomic E-state index is 0.0942. The molecule has 1 heterocycles. The normalized spacial score (nSPS) is 12.9. The number of imidazole rings is 1. The number of benzene rings is 1. The van der Waals surface area contributed by atoms with Gasteiger partial charge in [-0.25, -0.2) is 4.98 Å². The molecule has 0 bridgehead atoms. The van der Waals surface area contributed by atoms with Crippen molar-refractivity contribution in [2.75, 3.05) is 14.1 Å². The highest BCUT2D eigenvalue weighted by Gasteiger charge is 2.19. The Hall–Kier alpha value is -1.81. The fourth-order valence-electron chi connectivity index (χ4n) is 2.39. The highest BCUT2D eigenvalue weighted by atomic mass is 16.3. The molecule has 0 aliphatic heterocycles. The van der Waals surface area contributed by atoms with Crippen molar-refractivity contribution >= 4 is 0 Å². The summed E-state index contributed by atoms with van der Waals surface area (Å²) in [6.45, 7) is 4.13. The molecular formula is C15H21N3O. The van der Waals surface area contributed by atoms with Crippen LogP contribution in [0.5, 0.6) is 5.75 Å². The van der Waals surface area contributed by atoms with E-state index in [4.69, 9.17) is 0 Å². The van der Waals surface area contributed by atoms with Crippen LogP contribution in [0.15, 0.2) is 30.5 Å². The average molecular weight is 259 g/mol. The van der Waals surface area contributed by atoms with Crippen molar-refractivity contribution in [1.29, 1.82) is 0 Å². The van der Waals surface area contributed by atoms with E-state index in [0.717, 1.165) is 23.5 Å². The maximum absolute atomic E-state index is 9.42. The number of phenols is 1. The van der Waals surface area contributed by atoms with Crippen molar-refractivity contribution in [2.45, 2.75) is 26.4 Å². The quantitative estimate of drug-likeness (QED) is 0.917. The number of nitrogens with zero attached hydrogens (tertiary/aromatic N) is 3. The lowest BCUT2D eigenvalue weighted by molar-refractivity contribution is 0.256. The second kappa shape index (κ2) is 5.45. The molecule has 4 heteroatoms. The van der Waals surface area contributed by atoms with Gasteiger partial charge >= 0.3 is 0 Å². The number of aromatic nitrogens is 2. The third kappa shape index (κ3) is 2.79. The fraction of sp³-hybridized carbons (Fsp3) is 0.400. The highest BCUT2D eigenvalue weighted by Crippen LogP contribution is 2.24. The van der Waals surface area contributed by atoms with E-state index in [1.807, 2.05) is 33.2 Å². The molecule has 102 valence electrons. The van der Waals surface area contributed by atoms with Crippen LogP contribution in [0, 0.1) is 6.92 Å². The van der Waals surface area contributed by atoms with Gasteiger partial charge in [0, 0.05) is 12.6 Å². The van der Waals surface area contributed by atoms with Crippen LogP contribution in [0.4, 0.5) is 0 Å². The van der Waals surface area contributed by atoms with Crippen molar-refractivity contribution in [3.8, 4) is 5.75 Å². The summed E-state index contributed by atoms with van der Waals surface area (Å²) < 4.78 is 2.20. The van der Waals surface area contributed by atoms with Crippen molar-refractivity contribution < 1.29 is 5.11 Å². The SMILES string of the molecule is CCc1nc(C)cn1C(c1ccc(O)cc1)N(C)C. The summed E-state index contributed by atoms with van der Waals surface area (Å²) in [6.07, 6.45) is 3.07. The molecule has 2 rings (SSSR count). The molecule has 19 heavy (non-hydrogen) atoms. The molecule has 0 radical (unpaired) electrons. The summed E-state index contributed by atoms with van der Waals surface area (Å²) in [7, 11) is 4.10. The van der Waals surface area contributed by atoms with Crippen LogP contribution in [-0.4, -0.2) is 33.7 Å². The van der Waals surface area contributed by atoms with E-state index in [2.05, 4.69) is 27.6 Å². The van der Waals surface area contributed by atoms with Gasteiger partial charge in [-0.1, -0.05) is 19.1 Å². The first-order valence-electron chi connectivity index (χ1n) is 6.52. The van der Waals surface area contributed by atoms with Gasteiger partial charge in [0.25, 0.3) is 0 Å². The van der Waals surface area contributed by atoms with Gasteiger partial charge in [0.1, 0.15) is 17.7 Å². The first-order valence-corrected chi connectivity index (χ1v) is 6.52. The van der Waals surface area contributed by atoms with E-state index < -0.39 is 0 Å². The Balaban J connectivity index is 2.48. The topological polar surface area (TPSA) is 41.3 Å². The first kappa shape index (κ1) is 13.6. The Morgan fingerprint density at radius 2 is 1.89 bits per heavy atom. The van der Waals surface area contributed by atoms with Crippen molar-refractivity contribution in [1.82, 2.24) is 14.5 Å². The van der Waals surface area contributed by atoms with Gasteiger partial charge in [-0.2, -0.15) is 0 Å². The molecule has 2 aromatic rings. The summed E-state index contributed by atoms with van der Waals surface area (Å²) in [5.74, 6) is 1.36. The molecule has 0 aliphatic carbocycles. The smallest absolute Gasteiger partial charge is 0.115 e. The Morgan fingerprint density at radius 3 is 2.42 bits per heavy atom. The largest absolute Gasteiger partial charge is 0.508 e. The second-order valence-electron chi connectivity index (χ2n) is 4.99. The first-order chi connectivity index (χ1) is 9.02. The molecule has 1 unspecified atom stereocenters. The van der Waals surface area contributed by atoms with Gasteiger partial charge in [-0.3, -0.25) is 4.90 Å². The molecule has 0 saturated carbocycles. The van der Waals surface area contributed by atoms with Gasteiger partial charge in [-0.05, 0) is 38.7 Å². The summed E-state index contributed by atoms with van der Waals surface area (Å²) in [4.78, 5) is 6.71. The Kier molecular flexibility index (Phi) is 3.90. The van der Waals surface area contributed by atoms with Crippen LogP contribution in [0.3, 0.4) is 0 Å². The van der Waals surface area contributed by atoms with Gasteiger partial charge in [-0.15, -0.1) is 0 Å². The van der Waals surface area contributed by atoms with Gasteiger partial charge in [0.2, 0.25) is 0 Å². The monoisotopic (exact) mass is 259 g/mol. The zero-order chi connectivity index (χ0) is 14.0. The number of hydrogen-bond donors (Lipinski definition) is 1. The number of aryl methyl sites for hydroxylation is 2. The van der Waals surface area contributed by atoms with Crippen LogP contribution in [-0.2, 0) is 6.42 Å². The summed E-state index contributed by atoms with van der Waals surface area (Å²) in [6, 6.07) is 7.35. The van der Waals surface area contributed by atoms with E-state index in [-0.39, 0.29) is 6.17 Å². The number of hydrogen-bond acceptors (Lipinski definition) is 3. The maximum atomic E-state index is 9.42. The molecule has 1 atom stereocenters. The molecule has 0 spiro atoms. The number of rotatable bonds is 4. The van der Waals surface area contributed by atoms with E-state index in [9.17, 15) is 5.11 Å². The average Bonchev–Trinajstić information content (AvgIpc) is 2.72. The molecule has 0 amide bonds. The molecule has 4 nitrogen and oxygen atoms in total. The van der Waals surface area contributed by atoms with E-state index >= 15 is 0 Å². The van der Waals surface area contributed by atoms with Crippen LogP contribution < -0.4 is 0 Å². The lowest BCUT2D eigenvalue weighted by Gasteiger charge is -2.27. The lowest BCUT2D eigenvalue weighted by atomic mass is 10.1. The third-order valence-electron chi connectivity index (χ3n) is 3.19. The molecular weight excluding hydrogens is 238 g/mol. The van der Waals surface area contributed by atoms with Crippen molar-refractivity contribution in [3.63, 3.8) is 0 Å². The van der Waals surface area contributed by atoms with Crippen LogP contribution in [0.25, 0.3) is 0 Å². The Bertz CT molecular complexity index is 543. The fourth-order valence-corrected chi connectivity index (χ4v) is 2.39. The van der Waals surface area contributed by atoms with Gasteiger partial charge < -0.3 is 9.67 Å². The summed E-state index contributed by atoms with van der Waals surface area (Å²) in [5, 5.41) is 9.42. The lowest BCUT2D eigenvalue weighted by Crippen LogP contribution is -2.27. The number of aromatic hydroxyl groups is 1. The molecule has 0 fully saturated rings. The van der Waals surface area contributed by atoms with Crippen molar-refractivity contribution in [3.05, 3.63) is 47.5 Å². The summed E-state index contributed by atoms with van der Waals surface area (Å²) in [5.41, 5.74) is 2.16. The predicted molar refractivity (Wildman–Crippen MR) is 76.3 cm³/mol. The zero-order valence-corrected chi connectivity index (χ0v) is 12.0. The predicted octanol–water partition coefficient (Wildman–Crippen LogP) is 2.57. The van der Waals surface area contributed by atoms with Gasteiger partial charge in [0.15, 0.2) is 0 Å². The van der Waals surface area contributed by atoms with E-state index in [1.54, 1.807) is 12.1 Å². The third-order valence-corrected chi connectivity index (χ3v) is 3.19. The van der Waals surface area contributed by atoms with Crippen LogP contribution in [0.1, 0.15) is 30.2 Å². The maximum Gasteiger partial charge on any atom is 0.115 e. The molecule has 0 aliphatic rings.